The average Bonchev–Trinajstić information content (AvgIpc) is 2.94. The Hall–Kier alpha value is -3.37. The summed E-state index contributed by atoms with van der Waals surface area (Å²) in [5, 5.41) is 19.6. The van der Waals surface area contributed by atoms with E-state index in [1.54, 1.807) is 37.4 Å². The monoisotopic (exact) mass is 366 g/mol. The third-order valence-corrected chi connectivity index (χ3v) is 4.34. The molecule has 2 aromatic rings. The first-order chi connectivity index (χ1) is 12.8. The number of benzene rings is 1. The van der Waals surface area contributed by atoms with Crippen molar-refractivity contribution in [3.05, 3.63) is 47.7 Å². The predicted octanol–water partition coefficient (Wildman–Crippen LogP) is 1.40. The molecule has 0 bridgehead atoms. The number of aromatic carboxylic acids is 1. The standard InChI is InChI=1S/C20H18N2O5/c1-22-9-8-20(26,19(22)25)7-6-13-4-3-5-14(10-13)16-11-15(27-2)12-17(21-16)18(23)24/h3-5,10-12,26H,8-9H2,1-2H3,(H,23,24)/t20-/m0/s1. The highest BCUT2D eigenvalue weighted by atomic mass is 16.5. The molecule has 1 aromatic heterocycles. The summed E-state index contributed by atoms with van der Waals surface area (Å²) in [6.45, 7) is 0.454. The molecule has 3 rings (SSSR count). The van der Waals surface area contributed by atoms with Gasteiger partial charge in [0.1, 0.15) is 5.75 Å². The number of hydrogen-bond donors (Lipinski definition) is 2. The summed E-state index contributed by atoms with van der Waals surface area (Å²) in [5.74, 6) is 4.30. The van der Waals surface area contributed by atoms with Gasteiger partial charge in [-0.3, -0.25) is 4.79 Å². The number of likely N-dealkylation sites (N-methyl/N-ethyl adjacent to an activating group) is 1. The lowest BCUT2D eigenvalue weighted by atomic mass is 10.0. The molecule has 2 heterocycles. The number of nitrogens with zero attached hydrogens (tertiary/aromatic N) is 2. The maximum absolute atomic E-state index is 12.0. The smallest absolute Gasteiger partial charge is 0.354 e. The van der Waals surface area contributed by atoms with Crippen molar-refractivity contribution in [3.8, 4) is 28.8 Å². The molecule has 1 aromatic carbocycles. The average molecular weight is 366 g/mol. The van der Waals surface area contributed by atoms with Crippen molar-refractivity contribution in [2.45, 2.75) is 12.0 Å². The third kappa shape index (κ3) is 3.76. The van der Waals surface area contributed by atoms with Gasteiger partial charge in [0.25, 0.3) is 5.91 Å². The third-order valence-electron chi connectivity index (χ3n) is 4.34. The number of methoxy groups -OCH3 is 1. The number of ether oxygens (including phenoxy) is 1. The molecule has 138 valence electrons. The van der Waals surface area contributed by atoms with Crippen molar-refractivity contribution in [1.29, 1.82) is 0 Å². The number of rotatable bonds is 3. The molecule has 7 heteroatoms. The molecular formula is C20H18N2O5. The number of pyridine rings is 1. The molecule has 7 nitrogen and oxygen atoms in total. The largest absolute Gasteiger partial charge is 0.497 e. The molecule has 0 aliphatic carbocycles. The molecule has 1 atom stereocenters. The summed E-state index contributed by atoms with van der Waals surface area (Å²) in [6.07, 6.45) is 0.258. The van der Waals surface area contributed by atoms with Crippen molar-refractivity contribution >= 4 is 11.9 Å². The number of hydrogen-bond acceptors (Lipinski definition) is 5. The van der Waals surface area contributed by atoms with Crippen molar-refractivity contribution in [2.75, 3.05) is 20.7 Å². The second kappa shape index (κ2) is 7.09. The van der Waals surface area contributed by atoms with Crippen LogP contribution in [0, 0.1) is 11.8 Å². The van der Waals surface area contributed by atoms with Crippen LogP contribution in [0.1, 0.15) is 22.5 Å². The van der Waals surface area contributed by atoms with Crippen LogP contribution in [-0.4, -0.2) is 58.3 Å². The van der Waals surface area contributed by atoms with E-state index in [0.717, 1.165) is 0 Å². The zero-order valence-electron chi connectivity index (χ0n) is 14.9. The first-order valence-corrected chi connectivity index (χ1v) is 8.23. The number of carbonyl (C=O) groups is 2. The highest BCUT2D eigenvalue weighted by molar-refractivity contribution is 5.90. The lowest BCUT2D eigenvalue weighted by Gasteiger charge is -2.13. The minimum absolute atomic E-state index is 0.130. The number of aromatic nitrogens is 1. The fourth-order valence-electron chi connectivity index (χ4n) is 2.78. The zero-order chi connectivity index (χ0) is 19.6. The fourth-order valence-corrected chi connectivity index (χ4v) is 2.78. The number of carboxylic acids is 1. The number of likely N-dealkylation sites (tertiary alicyclic amines) is 1. The number of carbonyl (C=O) groups excluding carboxylic acids is 1. The van der Waals surface area contributed by atoms with E-state index < -0.39 is 17.5 Å². The molecular weight excluding hydrogens is 348 g/mol. The van der Waals surface area contributed by atoms with Crippen molar-refractivity contribution < 1.29 is 24.5 Å². The number of carboxylic acid groups (broad SMARTS) is 1. The van der Waals surface area contributed by atoms with E-state index in [4.69, 9.17) is 4.74 Å². The molecule has 1 fully saturated rings. The van der Waals surface area contributed by atoms with Gasteiger partial charge >= 0.3 is 5.97 Å². The van der Waals surface area contributed by atoms with Crippen LogP contribution in [0.3, 0.4) is 0 Å². The predicted molar refractivity (Wildman–Crippen MR) is 97.3 cm³/mol. The first-order valence-electron chi connectivity index (χ1n) is 8.23. The number of aliphatic hydroxyl groups is 1. The van der Waals surface area contributed by atoms with Crippen LogP contribution in [0.15, 0.2) is 36.4 Å². The summed E-state index contributed by atoms with van der Waals surface area (Å²) in [6, 6.07) is 9.93. The minimum Gasteiger partial charge on any atom is -0.497 e. The molecule has 0 unspecified atom stereocenters. The summed E-state index contributed by atoms with van der Waals surface area (Å²) in [5.41, 5.74) is -0.162. The summed E-state index contributed by atoms with van der Waals surface area (Å²) in [4.78, 5) is 28.8. The molecule has 1 saturated heterocycles. The highest BCUT2D eigenvalue weighted by Gasteiger charge is 2.42. The Bertz CT molecular complexity index is 976. The van der Waals surface area contributed by atoms with Gasteiger partial charge in [-0.05, 0) is 12.1 Å². The van der Waals surface area contributed by atoms with E-state index in [1.807, 2.05) is 0 Å². The first kappa shape index (κ1) is 18.4. The van der Waals surface area contributed by atoms with Gasteiger partial charge < -0.3 is 19.8 Å². The van der Waals surface area contributed by atoms with E-state index in [9.17, 15) is 19.8 Å². The Morgan fingerprint density at radius 1 is 1.33 bits per heavy atom. The molecule has 1 amide bonds. The van der Waals surface area contributed by atoms with Crippen LogP contribution in [0.4, 0.5) is 0 Å². The van der Waals surface area contributed by atoms with Gasteiger partial charge in [0.15, 0.2) is 5.69 Å². The van der Waals surface area contributed by atoms with E-state index in [0.29, 0.717) is 29.1 Å². The molecule has 1 aliphatic heterocycles. The molecule has 0 saturated carbocycles. The maximum Gasteiger partial charge on any atom is 0.354 e. The van der Waals surface area contributed by atoms with Gasteiger partial charge in [0.2, 0.25) is 5.60 Å². The van der Waals surface area contributed by atoms with Gasteiger partial charge in [0, 0.05) is 43.3 Å². The van der Waals surface area contributed by atoms with Gasteiger partial charge in [-0.2, -0.15) is 0 Å². The van der Waals surface area contributed by atoms with Gasteiger partial charge in [-0.1, -0.05) is 24.0 Å². The molecule has 1 aliphatic rings. The Labute approximate surface area is 156 Å². The summed E-state index contributed by atoms with van der Waals surface area (Å²) >= 11 is 0. The highest BCUT2D eigenvalue weighted by Crippen LogP contribution is 2.25. The van der Waals surface area contributed by atoms with Crippen LogP contribution >= 0.6 is 0 Å². The lowest BCUT2D eigenvalue weighted by Crippen LogP contribution is -2.37. The Balaban J connectivity index is 1.96. The van der Waals surface area contributed by atoms with E-state index in [2.05, 4.69) is 16.8 Å². The molecule has 27 heavy (non-hydrogen) atoms. The van der Waals surface area contributed by atoms with Crippen LogP contribution in [0.25, 0.3) is 11.3 Å². The Morgan fingerprint density at radius 2 is 2.11 bits per heavy atom. The lowest BCUT2D eigenvalue weighted by molar-refractivity contribution is -0.137. The summed E-state index contributed by atoms with van der Waals surface area (Å²) < 4.78 is 5.14. The normalized spacial score (nSPS) is 18.8. The van der Waals surface area contributed by atoms with E-state index >= 15 is 0 Å². The van der Waals surface area contributed by atoms with Crippen LogP contribution < -0.4 is 4.74 Å². The van der Waals surface area contributed by atoms with Gasteiger partial charge in [-0.25, -0.2) is 9.78 Å². The quantitative estimate of drug-likeness (QED) is 0.797. The molecule has 2 N–H and O–H groups in total. The molecule has 0 radical (unpaired) electrons. The second-order valence-electron chi connectivity index (χ2n) is 6.25. The summed E-state index contributed by atoms with van der Waals surface area (Å²) in [7, 11) is 3.07. The van der Waals surface area contributed by atoms with E-state index in [-0.39, 0.29) is 12.1 Å². The van der Waals surface area contributed by atoms with Gasteiger partial charge in [0.05, 0.1) is 12.8 Å². The molecule has 0 spiro atoms. The van der Waals surface area contributed by atoms with E-state index in [1.165, 1.54) is 18.1 Å². The number of amides is 1. The van der Waals surface area contributed by atoms with Gasteiger partial charge in [-0.15, -0.1) is 0 Å². The minimum atomic E-state index is -1.67. The van der Waals surface area contributed by atoms with Crippen LogP contribution in [0.5, 0.6) is 5.75 Å². The maximum atomic E-state index is 12.0. The topological polar surface area (TPSA) is 100.0 Å². The fraction of sp³-hybridized carbons (Fsp3) is 0.250. The van der Waals surface area contributed by atoms with Crippen molar-refractivity contribution in [1.82, 2.24) is 9.88 Å². The van der Waals surface area contributed by atoms with Crippen molar-refractivity contribution in [2.24, 2.45) is 0 Å². The van der Waals surface area contributed by atoms with Crippen molar-refractivity contribution in [3.63, 3.8) is 0 Å². The Morgan fingerprint density at radius 3 is 2.74 bits per heavy atom. The van der Waals surface area contributed by atoms with Crippen LogP contribution in [0.2, 0.25) is 0 Å². The zero-order valence-corrected chi connectivity index (χ0v) is 14.9. The second-order valence-corrected chi connectivity index (χ2v) is 6.25. The SMILES string of the molecule is COc1cc(C(=O)O)nc(-c2cccc(C#C[C@]3(O)CCN(C)C3=O)c2)c1. The Kier molecular flexibility index (Phi) is 4.84. The van der Waals surface area contributed by atoms with Crippen LogP contribution in [-0.2, 0) is 4.79 Å².